The van der Waals surface area contributed by atoms with Crippen molar-refractivity contribution in [2.45, 2.75) is 0 Å². The number of hydrogen-bond acceptors (Lipinski definition) is 1. The summed E-state index contributed by atoms with van der Waals surface area (Å²) in [5.74, 6) is 0. The molecule has 0 amide bonds. The van der Waals surface area contributed by atoms with Gasteiger partial charge in [0.1, 0.15) is 0 Å². The van der Waals surface area contributed by atoms with Crippen LogP contribution in [0.4, 0.5) is 17.1 Å². The van der Waals surface area contributed by atoms with Crippen molar-refractivity contribution in [2.75, 3.05) is 4.90 Å². The second-order valence-corrected chi connectivity index (χ2v) is 12.1. The molecule has 0 unspecified atom stereocenters. The van der Waals surface area contributed by atoms with Crippen molar-refractivity contribution >= 4 is 92.3 Å². The molecule has 7 heteroatoms. The molecule has 0 saturated carbocycles. The summed E-state index contributed by atoms with van der Waals surface area (Å²) in [5.41, 5.74) is 3.29. The molecule has 25 heavy (non-hydrogen) atoms. The molecule has 2 radical (unpaired) electrons. The van der Waals surface area contributed by atoms with Gasteiger partial charge >= 0.3 is 0 Å². The highest BCUT2D eigenvalue weighted by Gasteiger charge is 2.12. The van der Waals surface area contributed by atoms with Crippen LogP contribution in [0, 0.1) is 0 Å². The van der Waals surface area contributed by atoms with Crippen molar-refractivity contribution in [1.29, 1.82) is 0 Å². The first-order valence-electron chi connectivity index (χ1n) is 7.70. The monoisotopic (exact) mass is 434 g/mol. The molecule has 1 nitrogen and oxygen atoms in total. The smallest absolute Gasteiger partial charge is 0.210 e. The van der Waals surface area contributed by atoms with Crippen LogP contribution in [0.5, 0.6) is 0 Å². The number of rotatable bonds is 5. The summed E-state index contributed by atoms with van der Waals surface area (Å²) in [5, 5.41) is 3.49. The molecule has 3 aromatic rings. The summed E-state index contributed by atoms with van der Waals surface area (Å²) in [6.45, 7) is 0. The maximum Gasteiger partial charge on any atom is 0.210 e. The first kappa shape index (κ1) is 18.8. The lowest BCUT2D eigenvalue weighted by Crippen LogP contribution is -2.19. The van der Waals surface area contributed by atoms with Crippen LogP contribution < -0.4 is 20.5 Å². The minimum absolute atomic E-state index is 0.279. The molecule has 3 aromatic carbocycles. The van der Waals surface area contributed by atoms with Crippen LogP contribution in [0.2, 0.25) is 0 Å². The Morgan fingerprint density at radius 3 is 1.60 bits per heavy atom. The molecule has 0 aromatic heterocycles. The molecule has 0 aliphatic rings. The summed E-state index contributed by atoms with van der Waals surface area (Å²) in [4.78, 5) is 2.22. The van der Waals surface area contributed by atoms with E-state index in [-0.39, 0.29) is 8.83 Å². The van der Waals surface area contributed by atoms with Gasteiger partial charge in [0.05, 0.1) is 0 Å². The molecule has 3 rings (SSSR count). The van der Waals surface area contributed by atoms with Gasteiger partial charge < -0.3 is 27.1 Å². The average Bonchev–Trinajstić information content (AvgIpc) is 2.64. The van der Waals surface area contributed by atoms with E-state index in [1.165, 1.54) is 5.19 Å². The van der Waals surface area contributed by atoms with Crippen molar-refractivity contribution in [3.05, 3.63) is 72.8 Å². The van der Waals surface area contributed by atoms with Gasteiger partial charge in [-0.05, 0) is 41.6 Å². The van der Waals surface area contributed by atoms with Crippen LogP contribution in [0.3, 0.4) is 0 Å². The fraction of sp³-hybridized carbons (Fsp3) is 0. The van der Waals surface area contributed by atoms with Gasteiger partial charge in [0, 0.05) is 27.3 Å². The predicted molar refractivity (Wildman–Crippen MR) is 119 cm³/mol. The molecule has 0 saturated heterocycles. The van der Waals surface area contributed by atoms with Gasteiger partial charge in [-0.15, -0.1) is 0 Å². The van der Waals surface area contributed by atoms with Gasteiger partial charge in [-0.1, -0.05) is 49.0 Å². The largest absolute Gasteiger partial charge is 0.341 e. The zero-order chi connectivity index (χ0) is 17.8. The zero-order valence-electron chi connectivity index (χ0n) is 13.5. The molecule has 0 spiro atoms. The van der Waals surface area contributed by atoms with E-state index in [1.54, 1.807) is 0 Å². The van der Waals surface area contributed by atoms with E-state index in [0.29, 0.717) is 0 Å². The minimum atomic E-state index is -1.48. The highest BCUT2D eigenvalue weighted by Crippen LogP contribution is 2.33. The number of anilines is 3. The van der Waals surface area contributed by atoms with Crippen LogP contribution in [-0.4, -0.2) is 26.5 Å². The Labute approximate surface area is 169 Å². The third-order valence-electron chi connectivity index (χ3n) is 3.87. The van der Waals surface area contributed by atoms with Crippen LogP contribution >= 0.6 is 33.2 Å². The summed E-state index contributed by atoms with van der Waals surface area (Å²) in [7, 11) is -0.156. The Bertz CT molecular complexity index is 822. The van der Waals surface area contributed by atoms with Gasteiger partial charge in [-0.25, -0.2) is 0 Å². The minimum Gasteiger partial charge on any atom is -0.341 e. The van der Waals surface area contributed by atoms with Gasteiger partial charge in [0.25, 0.3) is 0 Å². The van der Waals surface area contributed by atoms with E-state index in [4.69, 9.17) is 33.2 Å². The Morgan fingerprint density at radius 2 is 1.16 bits per heavy atom. The number of hydrogen-bond donors (Lipinski definition) is 0. The van der Waals surface area contributed by atoms with E-state index >= 15 is 0 Å². The zero-order valence-corrected chi connectivity index (χ0v) is 19.8. The topological polar surface area (TPSA) is 3.24 Å². The first-order chi connectivity index (χ1) is 12.1. The van der Waals surface area contributed by atoms with Crippen LogP contribution in [0.15, 0.2) is 72.8 Å². The predicted octanol–water partition coefficient (Wildman–Crippen LogP) is 2.80. The standard InChI is InChI=1S/C18H15Cl3NSi3/c19-24-17-9-3-14(4-10-17)22(13-1-7-16(23)8-2-13)15-5-11-18(12-6-15)25(20)21/h1-12H,23H3/q-1. The van der Waals surface area contributed by atoms with Gasteiger partial charge in [-0.2, -0.15) is 16.3 Å². The Hall–Kier alpha value is -1.02. The third-order valence-corrected chi connectivity index (χ3v) is 7.82. The van der Waals surface area contributed by atoms with Crippen molar-refractivity contribution < 1.29 is 0 Å². The normalized spacial score (nSPS) is 10.7. The Kier molecular flexibility index (Phi) is 6.44. The first-order valence-corrected chi connectivity index (χ1v) is 14.2. The lowest BCUT2D eigenvalue weighted by Gasteiger charge is -2.27. The van der Waals surface area contributed by atoms with Gasteiger partial charge in [-0.3, -0.25) is 0 Å². The SMILES string of the molecule is [SiH3]c1ccc(N(c2ccc([Si]Cl)cc2)c2ccc([Si-](Cl)Cl)cc2)cc1. The summed E-state index contributed by atoms with van der Waals surface area (Å²) in [6.07, 6.45) is 0. The second-order valence-electron chi connectivity index (χ2n) is 5.62. The third kappa shape index (κ3) is 4.58. The molecular formula is C18H15Cl3NSi3-. The molecule has 0 atom stereocenters. The maximum atomic E-state index is 6.07. The number of nitrogens with zero attached hydrogens (tertiary/aromatic N) is 1. The van der Waals surface area contributed by atoms with Crippen molar-refractivity contribution in [2.24, 2.45) is 0 Å². The van der Waals surface area contributed by atoms with Crippen molar-refractivity contribution in [3.8, 4) is 0 Å². The van der Waals surface area contributed by atoms with Crippen molar-refractivity contribution in [3.63, 3.8) is 0 Å². The molecule has 0 bridgehead atoms. The summed E-state index contributed by atoms with van der Waals surface area (Å²) in [6, 6.07) is 25.2. The maximum absolute atomic E-state index is 6.07. The van der Waals surface area contributed by atoms with Crippen molar-refractivity contribution in [1.82, 2.24) is 0 Å². The van der Waals surface area contributed by atoms with Crippen LogP contribution in [-0.2, 0) is 0 Å². The quantitative estimate of drug-likeness (QED) is 0.440. The van der Waals surface area contributed by atoms with E-state index in [2.05, 4.69) is 65.6 Å². The molecule has 0 aliphatic heterocycles. The summed E-state index contributed by atoms with van der Waals surface area (Å²) < 4.78 is 0. The fourth-order valence-electron chi connectivity index (χ4n) is 2.55. The van der Waals surface area contributed by atoms with E-state index in [1.807, 2.05) is 12.1 Å². The second kappa shape index (κ2) is 8.58. The molecule has 126 valence electrons. The molecule has 0 N–H and O–H groups in total. The van der Waals surface area contributed by atoms with Crippen LogP contribution in [0.25, 0.3) is 0 Å². The molecule has 0 fully saturated rings. The van der Waals surface area contributed by atoms with Crippen LogP contribution in [0.1, 0.15) is 0 Å². The molecular weight excluding hydrogens is 421 g/mol. The number of halogens is 3. The number of benzene rings is 3. The summed E-state index contributed by atoms with van der Waals surface area (Å²) >= 11 is 18.1. The highest BCUT2D eigenvalue weighted by molar-refractivity contribution is 7.39. The average molecular weight is 436 g/mol. The lowest BCUT2D eigenvalue weighted by molar-refractivity contribution is 1.29. The molecule has 0 aliphatic carbocycles. The van der Waals surface area contributed by atoms with E-state index in [9.17, 15) is 0 Å². The Morgan fingerprint density at radius 1 is 0.720 bits per heavy atom. The van der Waals surface area contributed by atoms with Gasteiger partial charge in [0.2, 0.25) is 8.83 Å². The lowest BCUT2D eigenvalue weighted by atomic mass is 10.2. The Balaban J connectivity index is 2.05. The van der Waals surface area contributed by atoms with E-state index in [0.717, 1.165) is 37.7 Å². The van der Waals surface area contributed by atoms with Gasteiger partial charge in [0.15, 0.2) is 0 Å². The molecule has 0 heterocycles. The fourth-order valence-corrected chi connectivity index (χ4v) is 4.73. The van der Waals surface area contributed by atoms with E-state index < -0.39 is 7.42 Å². The highest BCUT2D eigenvalue weighted by atomic mass is 35.7.